The zero-order chi connectivity index (χ0) is 28.2. The molecule has 0 saturated heterocycles. The molecular weight excluding hydrogens is 508 g/mol. The number of amides is 1. The molecule has 0 spiro atoms. The minimum absolute atomic E-state index is 0.0742. The van der Waals surface area contributed by atoms with Gasteiger partial charge in [-0.2, -0.15) is 0 Å². The Balaban J connectivity index is 1.54. The van der Waals surface area contributed by atoms with Crippen LogP contribution in [0.5, 0.6) is 0 Å². The number of ether oxygens (including phenoxy) is 1. The van der Waals surface area contributed by atoms with Crippen molar-refractivity contribution >= 4 is 17.7 Å². The molecule has 0 saturated carbocycles. The van der Waals surface area contributed by atoms with E-state index in [-0.39, 0.29) is 18.1 Å². The van der Waals surface area contributed by atoms with Crippen LogP contribution in [0.3, 0.4) is 0 Å². The predicted octanol–water partition coefficient (Wildman–Crippen LogP) is 4.10. The SMILES string of the molecule is CC(C)OCCN(CCCCc1ccc2c(n1)NCCC2)CCC(NC(=O)c1cccnc1C(F)F)C(=O)O. The van der Waals surface area contributed by atoms with Crippen LogP contribution >= 0.6 is 0 Å². The van der Waals surface area contributed by atoms with E-state index in [2.05, 4.69) is 32.7 Å². The van der Waals surface area contributed by atoms with Gasteiger partial charge in [-0.05, 0) is 82.7 Å². The van der Waals surface area contributed by atoms with Gasteiger partial charge in [0.05, 0.1) is 18.3 Å². The van der Waals surface area contributed by atoms with Crippen LogP contribution in [0.1, 0.15) is 73.3 Å². The first-order valence-electron chi connectivity index (χ1n) is 13.6. The highest BCUT2D eigenvalue weighted by Crippen LogP contribution is 2.21. The molecular formula is C28H39F2N5O4. The van der Waals surface area contributed by atoms with Gasteiger partial charge < -0.3 is 25.4 Å². The van der Waals surface area contributed by atoms with E-state index in [1.807, 2.05) is 13.8 Å². The number of fused-ring (bicyclic) bond motifs is 1. The van der Waals surface area contributed by atoms with Gasteiger partial charge in [0.25, 0.3) is 12.3 Å². The Morgan fingerprint density at radius 2 is 2.00 bits per heavy atom. The van der Waals surface area contributed by atoms with Crippen LogP contribution in [0.4, 0.5) is 14.6 Å². The quantitative estimate of drug-likeness (QED) is 0.269. The smallest absolute Gasteiger partial charge is 0.326 e. The molecule has 0 aliphatic carbocycles. The molecule has 0 aromatic carbocycles. The first kappa shape index (κ1) is 30.4. The number of pyridine rings is 2. The molecule has 3 rings (SSSR count). The van der Waals surface area contributed by atoms with Crippen molar-refractivity contribution in [2.75, 3.05) is 38.1 Å². The summed E-state index contributed by atoms with van der Waals surface area (Å²) < 4.78 is 32.2. The van der Waals surface area contributed by atoms with Crippen LogP contribution in [0.15, 0.2) is 30.5 Å². The van der Waals surface area contributed by atoms with Gasteiger partial charge in [-0.15, -0.1) is 0 Å². The average Bonchev–Trinajstić information content (AvgIpc) is 2.92. The summed E-state index contributed by atoms with van der Waals surface area (Å²) in [5.41, 5.74) is 1.31. The molecule has 9 nitrogen and oxygen atoms in total. The number of nitrogens with zero attached hydrogens (tertiary/aromatic N) is 3. The number of unbranched alkanes of at least 4 members (excludes halogenated alkanes) is 1. The monoisotopic (exact) mass is 547 g/mol. The Kier molecular flexibility index (Phi) is 12.0. The number of carboxylic acid groups (broad SMARTS) is 1. The van der Waals surface area contributed by atoms with Gasteiger partial charge in [-0.25, -0.2) is 18.6 Å². The van der Waals surface area contributed by atoms with E-state index in [9.17, 15) is 23.5 Å². The number of anilines is 1. The molecule has 1 amide bonds. The van der Waals surface area contributed by atoms with Crippen LogP contribution in [0.2, 0.25) is 0 Å². The van der Waals surface area contributed by atoms with E-state index >= 15 is 0 Å². The summed E-state index contributed by atoms with van der Waals surface area (Å²) in [4.78, 5) is 34.9. The molecule has 0 bridgehead atoms. The van der Waals surface area contributed by atoms with E-state index in [1.54, 1.807) is 0 Å². The highest BCUT2D eigenvalue weighted by atomic mass is 19.3. The lowest BCUT2D eigenvalue weighted by molar-refractivity contribution is -0.139. The fourth-order valence-corrected chi connectivity index (χ4v) is 4.49. The third-order valence-electron chi connectivity index (χ3n) is 6.60. The fourth-order valence-electron chi connectivity index (χ4n) is 4.49. The zero-order valence-electron chi connectivity index (χ0n) is 22.7. The minimum Gasteiger partial charge on any atom is -0.480 e. The fraction of sp³-hybridized carbons (Fsp3) is 0.571. The Hall–Kier alpha value is -3.18. The number of hydrogen-bond donors (Lipinski definition) is 3. The van der Waals surface area contributed by atoms with Gasteiger partial charge in [-0.3, -0.25) is 9.78 Å². The van der Waals surface area contributed by atoms with Crippen molar-refractivity contribution in [1.29, 1.82) is 0 Å². The van der Waals surface area contributed by atoms with Gasteiger partial charge in [0.15, 0.2) is 0 Å². The molecule has 1 aliphatic heterocycles. The Morgan fingerprint density at radius 1 is 1.18 bits per heavy atom. The van der Waals surface area contributed by atoms with Gasteiger partial charge in [-0.1, -0.05) is 6.07 Å². The Bertz CT molecular complexity index is 1090. The summed E-state index contributed by atoms with van der Waals surface area (Å²) >= 11 is 0. The molecule has 1 aliphatic rings. The highest BCUT2D eigenvalue weighted by molar-refractivity contribution is 5.97. The normalized spacial score (nSPS) is 13.8. The van der Waals surface area contributed by atoms with E-state index in [1.165, 1.54) is 23.9 Å². The number of halogens is 2. The summed E-state index contributed by atoms with van der Waals surface area (Å²) in [6.45, 7) is 7.08. The maximum atomic E-state index is 13.3. The van der Waals surface area contributed by atoms with Crippen LogP contribution in [0, 0.1) is 0 Å². The number of rotatable bonds is 16. The Labute approximate surface area is 228 Å². The third kappa shape index (κ3) is 9.81. The van der Waals surface area contributed by atoms with Crippen LogP contribution < -0.4 is 10.6 Å². The van der Waals surface area contributed by atoms with Gasteiger partial charge in [0, 0.05) is 31.5 Å². The molecule has 0 fully saturated rings. The first-order valence-corrected chi connectivity index (χ1v) is 13.6. The summed E-state index contributed by atoms with van der Waals surface area (Å²) in [7, 11) is 0. The zero-order valence-corrected chi connectivity index (χ0v) is 22.7. The first-order chi connectivity index (χ1) is 18.7. The molecule has 1 atom stereocenters. The van der Waals surface area contributed by atoms with Crippen molar-refractivity contribution < 1.29 is 28.2 Å². The highest BCUT2D eigenvalue weighted by Gasteiger charge is 2.25. The lowest BCUT2D eigenvalue weighted by Gasteiger charge is -2.25. The van der Waals surface area contributed by atoms with Crippen LogP contribution in [-0.4, -0.2) is 76.8 Å². The van der Waals surface area contributed by atoms with Crippen molar-refractivity contribution in [2.45, 2.75) is 70.9 Å². The Morgan fingerprint density at radius 3 is 2.74 bits per heavy atom. The van der Waals surface area contributed by atoms with Crippen molar-refractivity contribution in [3.05, 3.63) is 53.0 Å². The number of aryl methyl sites for hydroxylation is 2. The second-order valence-electron chi connectivity index (χ2n) is 9.95. The van der Waals surface area contributed by atoms with Crippen molar-refractivity contribution in [2.24, 2.45) is 0 Å². The molecule has 214 valence electrons. The topological polar surface area (TPSA) is 117 Å². The van der Waals surface area contributed by atoms with E-state index < -0.39 is 30.0 Å². The number of aromatic nitrogens is 2. The number of carboxylic acids is 1. The van der Waals surface area contributed by atoms with Crippen molar-refractivity contribution in [3.63, 3.8) is 0 Å². The van der Waals surface area contributed by atoms with Crippen LogP contribution in [0.25, 0.3) is 0 Å². The number of carbonyl (C=O) groups excluding carboxylic acids is 1. The van der Waals surface area contributed by atoms with Gasteiger partial charge in [0.1, 0.15) is 17.6 Å². The molecule has 3 heterocycles. The second-order valence-corrected chi connectivity index (χ2v) is 9.95. The summed E-state index contributed by atoms with van der Waals surface area (Å²) in [6, 6.07) is 5.58. The van der Waals surface area contributed by atoms with E-state index in [0.717, 1.165) is 56.7 Å². The number of carbonyl (C=O) groups is 2. The maximum Gasteiger partial charge on any atom is 0.326 e. The molecule has 1 unspecified atom stereocenters. The number of aliphatic carboxylic acids is 1. The predicted molar refractivity (Wildman–Crippen MR) is 144 cm³/mol. The number of nitrogens with one attached hydrogen (secondary N) is 2. The van der Waals surface area contributed by atoms with Gasteiger partial charge in [0.2, 0.25) is 0 Å². The van der Waals surface area contributed by atoms with Gasteiger partial charge >= 0.3 is 5.97 Å². The molecule has 3 N–H and O–H groups in total. The van der Waals surface area contributed by atoms with E-state index in [0.29, 0.717) is 19.7 Å². The lowest BCUT2D eigenvalue weighted by Crippen LogP contribution is -2.44. The summed E-state index contributed by atoms with van der Waals surface area (Å²) in [6.07, 6.45) is 3.23. The molecule has 39 heavy (non-hydrogen) atoms. The number of alkyl halides is 2. The third-order valence-corrected chi connectivity index (χ3v) is 6.60. The summed E-state index contributed by atoms with van der Waals surface area (Å²) in [5, 5.41) is 15.4. The molecule has 2 aromatic heterocycles. The minimum atomic E-state index is -2.94. The lowest BCUT2D eigenvalue weighted by atomic mass is 10.1. The average molecular weight is 548 g/mol. The van der Waals surface area contributed by atoms with Crippen molar-refractivity contribution in [3.8, 4) is 0 Å². The van der Waals surface area contributed by atoms with Crippen molar-refractivity contribution in [1.82, 2.24) is 20.2 Å². The molecule has 0 radical (unpaired) electrons. The standard InChI is InChI=1S/C28H39F2N5O4/c1-19(2)39-18-17-35(15-4-3-8-21-11-10-20-7-5-14-32-26(20)33-21)16-12-23(28(37)38)34-27(36)22-9-6-13-31-24(22)25(29)30/h6,9-11,13,19,23,25H,3-5,7-8,12,14-18H2,1-2H3,(H,32,33)(H,34,36)(H,37,38). The maximum absolute atomic E-state index is 13.3. The van der Waals surface area contributed by atoms with Crippen LogP contribution in [-0.2, 0) is 22.4 Å². The second kappa shape index (κ2) is 15.4. The largest absolute Gasteiger partial charge is 0.480 e. The van der Waals surface area contributed by atoms with E-state index in [4.69, 9.17) is 9.72 Å². The molecule has 11 heteroatoms. The summed E-state index contributed by atoms with van der Waals surface area (Å²) in [5.74, 6) is -1.12. The number of hydrogen-bond acceptors (Lipinski definition) is 7. The molecule has 2 aromatic rings.